The maximum Gasteiger partial charge on any atom is 0.238 e. The van der Waals surface area contributed by atoms with Crippen molar-refractivity contribution in [2.45, 2.75) is 4.90 Å². The monoisotopic (exact) mass is 377 g/mol. The Hall–Kier alpha value is -2.84. The summed E-state index contributed by atoms with van der Waals surface area (Å²) in [5.41, 5.74) is 1.01. The molecule has 0 aromatic heterocycles. The quantitative estimate of drug-likeness (QED) is 0.586. The number of ketones is 1. The van der Waals surface area contributed by atoms with Gasteiger partial charge in [-0.25, -0.2) is 13.6 Å². The van der Waals surface area contributed by atoms with Crippen molar-refractivity contribution in [2.75, 3.05) is 21.3 Å². The zero-order valence-electron chi connectivity index (χ0n) is 14.6. The number of ether oxygens (including phenoxy) is 3. The second-order valence-electron chi connectivity index (χ2n) is 5.23. The van der Waals surface area contributed by atoms with Gasteiger partial charge in [-0.3, -0.25) is 4.79 Å². The van der Waals surface area contributed by atoms with Gasteiger partial charge in [-0.2, -0.15) is 0 Å². The summed E-state index contributed by atoms with van der Waals surface area (Å²) in [6, 6.07) is 8.79. The highest BCUT2D eigenvalue weighted by Gasteiger charge is 2.13. The van der Waals surface area contributed by atoms with Gasteiger partial charge in [0.25, 0.3) is 0 Å². The first-order valence-electron chi connectivity index (χ1n) is 7.45. The van der Waals surface area contributed by atoms with Crippen molar-refractivity contribution < 1.29 is 27.4 Å². The Bertz CT molecular complexity index is 908. The molecule has 0 unspecified atom stereocenters. The average molecular weight is 377 g/mol. The van der Waals surface area contributed by atoms with Crippen molar-refractivity contribution in [1.29, 1.82) is 0 Å². The number of nitrogens with two attached hydrogens (primary N) is 1. The molecule has 0 saturated heterocycles. The molecule has 0 amide bonds. The fourth-order valence-electron chi connectivity index (χ4n) is 2.27. The SMILES string of the molecule is COc1cc(/C=C/C(=O)c2ccc(S(N)(=O)=O)cc2)cc(OC)c1OC. The molecule has 2 aromatic rings. The zero-order chi connectivity index (χ0) is 19.3. The highest BCUT2D eigenvalue weighted by molar-refractivity contribution is 7.89. The van der Waals surface area contributed by atoms with Crippen LogP contribution in [0.3, 0.4) is 0 Å². The molecule has 0 aliphatic carbocycles. The van der Waals surface area contributed by atoms with Crippen LogP contribution in [-0.2, 0) is 10.0 Å². The summed E-state index contributed by atoms with van der Waals surface area (Å²) in [5, 5.41) is 5.04. The van der Waals surface area contributed by atoms with Crippen molar-refractivity contribution in [2.24, 2.45) is 5.14 Å². The average Bonchev–Trinajstić information content (AvgIpc) is 2.64. The highest BCUT2D eigenvalue weighted by Crippen LogP contribution is 2.38. The predicted octanol–water partition coefficient (Wildman–Crippen LogP) is 2.26. The molecule has 2 aromatic carbocycles. The largest absolute Gasteiger partial charge is 0.493 e. The molecule has 8 heteroatoms. The molecule has 0 bridgehead atoms. The van der Waals surface area contributed by atoms with E-state index in [4.69, 9.17) is 19.3 Å². The van der Waals surface area contributed by atoms with E-state index in [1.165, 1.54) is 51.7 Å². The minimum Gasteiger partial charge on any atom is -0.493 e. The smallest absolute Gasteiger partial charge is 0.238 e. The van der Waals surface area contributed by atoms with Crippen molar-refractivity contribution in [3.05, 3.63) is 53.6 Å². The summed E-state index contributed by atoms with van der Waals surface area (Å²) in [7, 11) is 0.719. The lowest BCUT2D eigenvalue weighted by Crippen LogP contribution is -2.12. The Morgan fingerprint density at radius 1 is 0.962 bits per heavy atom. The molecule has 138 valence electrons. The van der Waals surface area contributed by atoms with Gasteiger partial charge in [0.2, 0.25) is 15.8 Å². The number of hydrogen-bond acceptors (Lipinski definition) is 6. The molecule has 2 N–H and O–H groups in total. The number of benzene rings is 2. The normalized spacial score (nSPS) is 11.4. The number of carbonyl (C=O) groups excluding carboxylic acids is 1. The van der Waals surface area contributed by atoms with E-state index in [0.717, 1.165) is 0 Å². The van der Waals surface area contributed by atoms with Crippen LogP contribution in [0, 0.1) is 0 Å². The van der Waals surface area contributed by atoms with Gasteiger partial charge in [0, 0.05) is 5.56 Å². The van der Waals surface area contributed by atoms with Gasteiger partial charge in [0.05, 0.1) is 26.2 Å². The number of primary sulfonamides is 1. The molecule has 0 saturated carbocycles. The first kappa shape index (κ1) is 19.5. The lowest BCUT2D eigenvalue weighted by molar-refractivity contribution is 0.104. The third-order valence-electron chi connectivity index (χ3n) is 3.58. The maximum atomic E-state index is 12.3. The molecule has 0 fully saturated rings. The molecule has 2 rings (SSSR count). The fourth-order valence-corrected chi connectivity index (χ4v) is 2.79. The third-order valence-corrected chi connectivity index (χ3v) is 4.51. The summed E-state index contributed by atoms with van der Waals surface area (Å²) < 4.78 is 38.3. The summed E-state index contributed by atoms with van der Waals surface area (Å²) in [4.78, 5) is 12.2. The number of allylic oxidation sites excluding steroid dienone is 1. The van der Waals surface area contributed by atoms with E-state index < -0.39 is 10.0 Å². The zero-order valence-corrected chi connectivity index (χ0v) is 15.4. The molecular weight excluding hydrogens is 358 g/mol. The minimum absolute atomic E-state index is 0.0531. The van der Waals surface area contributed by atoms with Crippen molar-refractivity contribution >= 4 is 21.9 Å². The Balaban J connectivity index is 2.27. The molecule has 0 aliphatic rings. The van der Waals surface area contributed by atoms with Crippen molar-refractivity contribution in [3.63, 3.8) is 0 Å². The lowest BCUT2D eigenvalue weighted by atomic mass is 10.1. The fraction of sp³-hybridized carbons (Fsp3) is 0.167. The van der Waals surface area contributed by atoms with Gasteiger partial charge >= 0.3 is 0 Å². The van der Waals surface area contributed by atoms with E-state index >= 15 is 0 Å². The molecule has 0 radical (unpaired) electrons. The Kier molecular flexibility index (Phi) is 6.01. The van der Waals surface area contributed by atoms with Crippen LogP contribution in [-0.4, -0.2) is 35.5 Å². The first-order chi connectivity index (χ1) is 12.3. The van der Waals surface area contributed by atoms with Crippen molar-refractivity contribution in [3.8, 4) is 17.2 Å². The van der Waals surface area contributed by atoms with Crippen LogP contribution in [0.15, 0.2) is 47.4 Å². The van der Waals surface area contributed by atoms with E-state index in [0.29, 0.717) is 28.4 Å². The standard InChI is InChI=1S/C18H19NO6S/c1-23-16-10-12(11-17(24-2)18(16)25-3)4-9-15(20)13-5-7-14(8-6-13)26(19,21)22/h4-11H,1-3H3,(H2,19,21,22)/b9-4+. The predicted molar refractivity (Wildman–Crippen MR) is 97.3 cm³/mol. The Morgan fingerprint density at radius 3 is 1.92 bits per heavy atom. The van der Waals surface area contributed by atoms with Gasteiger partial charge in [-0.05, 0) is 48.0 Å². The molecular formula is C18H19NO6S. The lowest BCUT2D eigenvalue weighted by Gasteiger charge is -2.12. The van der Waals surface area contributed by atoms with E-state index in [1.807, 2.05) is 0 Å². The van der Waals surface area contributed by atoms with Gasteiger partial charge in [-0.1, -0.05) is 6.08 Å². The van der Waals surface area contributed by atoms with Crippen LogP contribution in [0.2, 0.25) is 0 Å². The van der Waals surface area contributed by atoms with E-state index in [-0.39, 0.29) is 10.7 Å². The minimum atomic E-state index is -3.79. The van der Waals surface area contributed by atoms with Crippen LogP contribution in [0.5, 0.6) is 17.2 Å². The van der Waals surface area contributed by atoms with E-state index in [1.54, 1.807) is 18.2 Å². The van der Waals surface area contributed by atoms with Crippen molar-refractivity contribution in [1.82, 2.24) is 0 Å². The Morgan fingerprint density at radius 2 is 1.50 bits per heavy atom. The topological polar surface area (TPSA) is 105 Å². The molecule has 26 heavy (non-hydrogen) atoms. The highest BCUT2D eigenvalue weighted by atomic mass is 32.2. The summed E-state index contributed by atoms with van der Waals surface area (Å²) in [6.45, 7) is 0. The first-order valence-corrected chi connectivity index (χ1v) is 9.00. The van der Waals surface area contributed by atoms with Gasteiger partial charge in [0.1, 0.15) is 0 Å². The number of hydrogen-bond donors (Lipinski definition) is 1. The number of carbonyl (C=O) groups is 1. The molecule has 0 aliphatic heterocycles. The molecule has 0 atom stereocenters. The summed E-state index contributed by atoms with van der Waals surface area (Å²) in [6.07, 6.45) is 2.97. The van der Waals surface area contributed by atoms with E-state index in [2.05, 4.69) is 0 Å². The molecule has 0 heterocycles. The van der Waals surface area contributed by atoms with Gasteiger partial charge in [0.15, 0.2) is 17.3 Å². The molecule has 0 spiro atoms. The van der Waals surface area contributed by atoms with Crippen LogP contribution >= 0.6 is 0 Å². The van der Waals surface area contributed by atoms with Gasteiger partial charge in [-0.15, -0.1) is 0 Å². The van der Waals surface area contributed by atoms with E-state index in [9.17, 15) is 13.2 Å². The number of methoxy groups -OCH3 is 3. The van der Waals surface area contributed by atoms with Crippen LogP contribution in [0.4, 0.5) is 0 Å². The molecule has 7 nitrogen and oxygen atoms in total. The summed E-state index contributed by atoms with van der Waals surface area (Å²) in [5.74, 6) is 1.10. The maximum absolute atomic E-state index is 12.3. The van der Waals surface area contributed by atoms with Gasteiger partial charge < -0.3 is 14.2 Å². The second kappa shape index (κ2) is 8.03. The number of sulfonamides is 1. The van der Waals surface area contributed by atoms with Crippen LogP contribution in [0.1, 0.15) is 15.9 Å². The third kappa shape index (κ3) is 4.41. The summed E-state index contributed by atoms with van der Waals surface area (Å²) >= 11 is 0. The Labute approximate surface area is 152 Å². The van der Waals surface area contributed by atoms with Crippen LogP contribution < -0.4 is 19.3 Å². The number of rotatable bonds is 7. The second-order valence-corrected chi connectivity index (χ2v) is 6.79. The van der Waals surface area contributed by atoms with Crippen LogP contribution in [0.25, 0.3) is 6.08 Å².